The Morgan fingerprint density at radius 1 is 1.10 bits per heavy atom. The second-order valence-electron chi connectivity index (χ2n) is 4.11. The Bertz CT molecular complexity index is 672. The fourth-order valence-corrected chi connectivity index (χ4v) is 1.70. The van der Waals surface area contributed by atoms with Gasteiger partial charge in [-0.15, -0.1) is 0 Å². The van der Waals surface area contributed by atoms with Gasteiger partial charge in [0.15, 0.2) is 0 Å². The Hall–Kier alpha value is -2.41. The van der Waals surface area contributed by atoms with Crippen LogP contribution in [0.15, 0.2) is 30.3 Å². The summed E-state index contributed by atoms with van der Waals surface area (Å²) in [4.78, 5) is 20.3. The van der Waals surface area contributed by atoms with E-state index in [1.807, 2.05) is 0 Å². The van der Waals surface area contributed by atoms with Gasteiger partial charge in [-0.1, -0.05) is 6.07 Å². The van der Waals surface area contributed by atoms with E-state index in [1.165, 1.54) is 14.2 Å². The van der Waals surface area contributed by atoms with Crippen molar-refractivity contribution in [2.75, 3.05) is 14.2 Å². The maximum atomic E-state index is 13.8. The molecule has 0 spiro atoms. The van der Waals surface area contributed by atoms with Crippen molar-refractivity contribution in [2.24, 2.45) is 0 Å². The molecule has 1 amide bonds. The molecule has 0 bridgehead atoms. The molecule has 1 heterocycles. The molecule has 21 heavy (non-hydrogen) atoms. The Morgan fingerprint density at radius 2 is 1.71 bits per heavy atom. The molecule has 2 rings (SSSR count). The van der Waals surface area contributed by atoms with Crippen LogP contribution in [0.5, 0.6) is 0 Å². The van der Waals surface area contributed by atoms with Crippen molar-refractivity contribution in [2.45, 2.75) is 0 Å². The van der Waals surface area contributed by atoms with Gasteiger partial charge in [0.1, 0.15) is 28.8 Å². The minimum Gasteiger partial charge on any atom is -0.274 e. The van der Waals surface area contributed by atoms with E-state index in [1.54, 1.807) is 0 Å². The smallest absolute Gasteiger partial charge is 0.274 e. The van der Waals surface area contributed by atoms with E-state index in [0.717, 1.165) is 35.4 Å². The summed E-state index contributed by atoms with van der Waals surface area (Å²) in [6.07, 6.45) is 0. The fraction of sp³-hybridized carbons (Fsp3) is 0.143. The fourth-order valence-electron chi connectivity index (χ4n) is 1.70. The van der Waals surface area contributed by atoms with Crippen LogP contribution < -0.4 is 0 Å². The van der Waals surface area contributed by atoms with Gasteiger partial charge in [0, 0.05) is 7.05 Å². The SMILES string of the molecule is CON(C)C(=O)c1ccc(F)c(-c2c(F)cccc2F)n1. The quantitative estimate of drug-likeness (QED) is 0.818. The van der Waals surface area contributed by atoms with Crippen molar-refractivity contribution in [3.05, 3.63) is 53.5 Å². The minimum atomic E-state index is -0.967. The van der Waals surface area contributed by atoms with Gasteiger partial charge in [-0.2, -0.15) is 0 Å². The summed E-state index contributed by atoms with van der Waals surface area (Å²) in [5, 5.41) is 0.863. The van der Waals surface area contributed by atoms with Crippen LogP contribution in [-0.4, -0.2) is 30.1 Å². The maximum absolute atomic E-state index is 13.8. The second kappa shape index (κ2) is 5.92. The average Bonchev–Trinajstić information content (AvgIpc) is 2.47. The van der Waals surface area contributed by atoms with Gasteiger partial charge in [-0.25, -0.2) is 23.2 Å². The first-order valence-corrected chi connectivity index (χ1v) is 5.88. The van der Waals surface area contributed by atoms with E-state index in [0.29, 0.717) is 0 Å². The molecule has 1 aromatic carbocycles. The van der Waals surface area contributed by atoms with Crippen molar-refractivity contribution >= 4 is 5.91 Å². The standard InChI is InChI=1S/C14H11F3N2O2/c1-19(21-2)14(20)11-7-6-10(17)13(18-11)12-8(15)4-3-5-9(12)16/h3-7H,1-2H3. The minimum absolute atomic E-state index is 0.196. The number of hydrogen-bond acceptors (Lipinski definition) is 3. The molecule has 0 saturated carbocycles. The van der Waals surface area contributed by atoms with Crippen molar-refractivity contribution in [3.8, 4) is 11.3 Å². The van der Waals surface area contributed by atoms with Crippen molar-refractivity contribution in [1.82, 2.24) is 10.0 Å². The summed E-state index contributed by atoms with van der Waals surface area (Å²) in [6, 6.07) is 5.14. The topological polar surface area (TPSA) is 42.4 Å². The largest absolute Gasteiger partial charge is 0.295 e. The maximum Gasteiger partial charge on any atom is 0.295 e. The molecule has 0 aliphatic rings. The van der Waals surface area contributed by atoms with E-state index >= 15 is 0 Å². The van der Waals surface area contributed by atoms with E-state index in [2.05, 4.69) is 4.98 Å². The van der Waals surface area contributed by atoms with Crippen LogP contribution in [0.2, 0.25) is 0 Å². The molecular weight excluding hydrogens is 285 g/mol. The Morgan fingerprint density at radius 3 is 2.29 bits per heavy atom. The number of benzene rings is 1. The monoisotopic (exact) mass is 296 g/mol. The van der Waals surface area contributed by atoms with Crippen LogP contribution >= 0.6 is 0 Å². The molecule has 0 aliphatic heterocycles. The predicted molar refractivity (Wildman–Crippen MR) is 68.6 cm³/mol. The molecule has 0 N–H and O–H groups in total. The molecule has 0 radical (unpaired) electrons. The van der Waals surface area contributed by atoms with E-state index in [-0.39, 0.29) is 5.69 Å². The van der Waals surface area contributed by atoms with Gasteiger partial charge in [0.05, 0.1) is 12.7 Å². The third kappa shape index (κ3) is 2.87. The molecule has 0 aliphatic carbocycles. The molecular formula is C14H11F3N2O2. The molecule has 2 aromatic rings. The van der Waals surface area contributed by atoms with Gasteiger partial charge in [-0.05, 0) is 24.3 Å². The number of aromatic nitrogens is 1. The molecule has 110 valence electrons. The third-order valence-corrected chi connectivity index (χ3v) is 2.82. The number of hydroxylamine groups is 2. The summed E-state index contributed by atoms with van der Waals surface area (Å²) >= 11 is 0. The number of halogens is 3. The van der Waals surface area contributed by atoms with Crippen LogP contribution in [0.1, 0.15) is 10.5 Å². The number of carbonyl (C=O) groups is 1. The Kier molecular flexibility index (Phi) is 4.23. The molecule has 0 unspecified atom stereocenters. The van der Waals surface area contributed by atoms with E-state index in [4.69, 9.17) is 4.84 Å². The van der Waals surface area contributed by atoms with Crippen molar-refractivity contribution in [3.63, 3.8) is 0 Å². The van der Waals surface area contributed by atoms with Crippen LogP contribution in [0.25, 0.3) is 11.3 Å². The molecule has 0 saturated heterocycles. The molecule has 1 aromatic heterocycles. The molecule has 7 heteroatoms. The number of nitrogens with zero attached hydrogens (tertiary/aromatic N) is 2. The third-order valence-electron chi connectivity index (χ3n) is 2.82. The first-order chi connectivity index (χ1) is 9.95. The van der Waals surface area contributed by atoms with Gasteiger partial charge in [-0.3, -0.25) is 9.63 Å². The second-order valence-corrected chi connectivity index (χ2v) is 4.11. The molecule has 0 fully saturated rings. The first-order valence-electron chi connectivity index (χ1n) is 5.88. The van der Waals surface area contributed by atoms with E-state index in [9.17, 15) is 18.0 Å². The lowest BCUT2D eigenvalue weighted by Gasteiger charge is -2.14. The number of pyridine rings is 1. The highest BCUT2D eigenvalue weighted by atomic mass is 19.1. The predicted octanol–water partition coefficient (Wildman–Crippen LogP) is 2.80. The Balaban J connectivity index is 2.57. The zero-order valence-corrected chi connectivity index (χ0v) is 11.2. The average molecular weight is 296 g/mol. The Labute approximate surface area is 118 Å². The summed E-state index contributed by atoms with van der Waals surface area (Å²) in [6.45, 7) is 0. The highest BCUT2D eigenvalue weighted by molar-refractivity contribution is 5.92. The van der Waals surface area contributed by atoms with Gasteiger partial charge in [0.2, 0.25) is 0 Å². The number of rotatable bonds is 3. The van der Waals surface area contributed by atoms with Gasteiger partial charge in [0.25, 0.3) is 5.91 Å². The molecule has 4 nitrogen and oxygen atoms in total. The van der Waals surface area contributed by atoms with Gasteiger partial charge < -0.3 is 0 Å². The highest BCUT2D eigenvalue weighted by Gasteiger charge is 2.20. The summed E-state index contributed by atoms with van der Waals surface area (Å²) in [5.41, 5.74) is -1.39. The first kappa shape index (κ1) is 15.0. The van der Waals surface area contributed by atoms with Crippen LogP contribution in [-0.2, 0) is 4.84 Å². The van der Waals surface area contributed by atoms with Crippen molar-refractivity contribution in [1.29, 1.82) is 0 Å². The van der Waals surface area contributed by atoms with Crippen LogP contribution in [0.3, 0.4) is 0 Å². The zero-order valence-electron chi connectivity index (χ0n) is 11.2. The zero-order chi connectivity index (χ0) is 15.6. The lowest BCUT2D eigenvalue weighted by molar-refractivity contribution is -0.0760. The summed E-state index contributed by atoms with van der Waals surface area (Å²) < 4.78 is 41.2. The van der Waals surface area contributed by atoms with Crippen LogP contribution in [0.4, 0.5) is 13.2 Å². The summed E-state index contributed by atoms with van der Waals surface area (Å²) in [7, 11) is 2.59. The number of amides is 1. The van der Waals surface area contributed by atoms with E-state index < -0.39 is 34.6 Å². The van der Waals surface area contributed by atoms with Crippen molar-refractivity contribution < 1.29 is 22.8 Å². The van der Waals surface area contributed by atoms with Gasteiger partial charge >= 0.3 is 0 Å². The highest BCUT2D eigenvalue weighted by Crippen LogP contribution is 2.27. The summed E-state index contributed by atoms with van der Waals surface area (Å²) in [5.74, 6) is -3.54. The molecule has 0 atom stereocenters. The van der Waals surface area contributed by atoms with Crippen LogP contribution in [0, 0.1) is 17.5 Å². The number of carbonyl (C=O) groups excluding carboxylic acids is 1. The normalized spacial score (nSPS) is 10.5. The lowest BCUT2D eigenvalue weighted by atomic mass is 10.1. The number of hydrogen-bond donors (Lipinski definition) is 0. The lowest BCUT2D eigenvalue weighted by Crippen LogP contribution is -2.26.